The van der Waals surface area contributed by atoms with Crippen LogP contribution in [0.3, 0.4) is 0 Å². The smallest absolute Gasteiger partial charge is 0.337 e. The van der Waals surface area contributed by atoms with Crippen molar-refractivity contribution in [2.24, 2.45) is 0 Å². The second kappa shape index (κ2) is 5.81. The molecule has 0 heterocycles. The average Bonchev–Trinajstić information content (AvgIpc) is 2.25. The first-order valence-electron chi connectivity index (χ1n) is 5.21. The van der Waals surface area contributed by atoms with E-state index in [0.717, 1.165) is 0 Å². The van der Waals surface area contributed by atoms with Crippen LogP contribution in [0.4, 0.5) is 11.4 Å². The summed E-state index contributed by atoms with van der Waals surface area (Å²) in [6.07, 6.45) is 0. The first kappa shape index (κ1) is 13.7. The van der Waals surface area contributed by atoms with Crippen LogP contribution >= 0.6 is 0 Å². The van der Waals surface area contributed by atoms with Gasteiger partial charge in [-0.15, -0.1) is 0 Å². The summed E-state index contributed by atoms with van der Waals surface area (Å²) in [5.41, 5.74) is 1.07. The molecule has 0 aliphatic rings. The van der Waals surface area contributed by atoms with Gasteiger partial charge in [-0.25, -0.2) is 4.79 Å². The molecule has 6 heteroatoms. The Morgan fingerprint density at radius 1 is 0.944 bits per heavy atom. The van der Waals surface area contributed by atoms with Gasteiger partial charge >= 0.3 is 5.97 Å². The maximum atomic E-state index is 11.4. The van der Waals surface area contributed by atoms with Gasteiger partial charge in [-0.05, 0) is 18.2 Å². The summed E-state index contributed by atoms with van der Waals surface area (Å²) in [5.74, 6) is -1.09. The largest absolute Gasteiger partial charge is 0.465 e. The Morgan fingerprint density at radius 3 is 1.72 bits per heavy atom. The Kier molecular flexibility index (Phi) is 4.42. The topological polar surface area (TPSA) is 84.5 Å². The Balaban J connectivity index is 3.14. The van der Waals surface area contributed by atoms with Crippen LogP contribution < -0.4 is 10.6 Å². The molecular weight excluding hydrogens is 236 g/mol. The number of esters is 1. The number of rotatable bonds is 3. The lowest BCUT2D eigenvalue weighted by Crippen LogP contribution is -2.11. The Morgan fingerprint density at radius 2 is 1.39 bits per heavy atom. The monoisotopic (exact) mass is 250 g/mol. The SMILES string of the molecule is COC(=O)c1cc(NC(C)=O)cc(NC(C)=O)c1. The van der Waals surface area contributed by atoms with Gasteiger partial charge in [0, 0.05) is 25.2 Å². The summed E-state index contributed by atoms with van der Waals surface area (Å²) in [4.78, 5) is 33.4. The molecule has 0 saturated carbocycles. The molecule has 18 heavy (non-hydrogen) atoms. The van der Waals surface area contributed by atoms with Crippen molar-refractivity contribution in [3.8, 4) is 0 Å². The Hall–Kier alpha value is -2.37. The Labute approximate surface area is 104 Å². The van der Waals surface area contributed by atoms with Crippen LogP contribution in [0.15, 0.2) is 18.2 Å². The van der Waals surface area contributed by atoms with E-state index >= 15 is 0 Å². The molecule has 0 spiro atoms. The van der Waals surface area contributed by atoms with Crippen LogP contribution in [0.25, 0.3) is 0 Å². The molecule has 0 aliphatic carbocycles. The van der Waals surface area contributed by atoms with E-state index in [1.807, 2.05) is 0 Å². The normalized spacial score (nSPS) is 9.50. The van der Waals surface area contributed by atoms with E-state index in [1.165, 1.54) is 33.1 Å². The van der Waals surface area contributed by atoms with Crippen LogP contribution in [0, 0.1) is 0 Å². The van der Waals surface area contributed by atoms with Crippen molar-refractivity contribution in [2.45, 2.75) is 13.8 Å². The van der Waals surface area contributed by atoms with E-state index < -0.39 is 5.97 Å². The van der Waals surface area contributed by atoms with Gasteiger partial charge in [0.25, 0.3) is 0 Å². The number of hydrogen-bond donors (Lipinski definition) is 2. The molecule has 0 aliphatic heterocycles. The molecule has 0 radical (unpaired) electrons. The maximum Gasteiger partial charge on any atom is 0.337 e. The van der Waals surface area contributed by atoms with Gasteiger partial charge in [0.05, 0.1) is 12.7 Å². The zero-order chi connectivity index (χ0) is 13.7. The summed E-state index contributed by atoms with van der Waals surface area (Å²) in [6.45, 7) is 2.70. The van der Waals surface area contributed by atoms with Crippen molar-refractivity contribution in [3.05, 3.63) is 23.8 Å². The second-order valence-corrected chi connectivity index (χ2v) is 3.65. The summed E-state index contributed by atoms with van der Waals surface area (Å²) < 4.78 is 4.59. The fraction of sp³-hybridized carbons (Fsp3) is 0.250. The summed E-state index contributed by atoms with van der Waals surface area (Å²) in [6, 6.07) is 4.49. The van der Waals surface area contributed by atoms with Crippen molar-refractivity contribution in [1.82, 2.24) is 0 Å². The van der Waals surface area contributed by atoms with Gasteiger partial charge in [0.1, 0.15) is 0 Å². The predicted octanol–water partition coefficient (Wildman–Crippen LogP) is 1.39. The molecule has 0 unspecified atom stereocenters. The first-order valence-corrected chi connectivity index (χ1v) is 5.21. The molecule has 0 saturated heterocycles. The minimum absolute atomic E-state index is 0.243. The van der Waals surface area contributed by atoms with Gasteiger partial charge < -0.3 is 15.4 Å². The quantitative estimate of drug-likeness (QED) is 0.794. The molecule has 1 aromatic rings. The number of amides is 2. The van der Waals surface area contributed by atoms with Crippen LogP contribution in [0.5, 0.6) is 0 Å². The molecule has 0 bridgehead atoms. The van der Waals surface area contributed by atoms with Crippen molar-refractivity contribution in [1.29, 1.82) is 0 Å². The lowest BCUT2D eigenvalue weighted by atomic mass is 10.1. The number of benzene rings is 1. The molecule has 2 N–H and O–H groups in total. The second-order valence-electron chi connectivity index (χ2n) is 3.65. The highest BCUT2D eigenvalue weighted by Gasteiger charge is 2.10. The Bertz CT molecular complexity index is 463. The molecule has 96 valence electrons. The fourth-order valence-corrected chi connectivity index (χ4v) is 1.41. The van der Waals surface area contributed by atoms with Gasteiger partial charge in [-0.1, -0.05) is 0 Å². The molecule has 1 aromatic carbocycles. The zero-order valence-electron chi connectivity index (χ0n) is 10.4. The average molecular weight is 250 g/mol. The lowest BCUT2D eigenvalue weighted by Gasteiger charge is -2.09. The lowest BCUT2D eigenvalue weighted by molar-refractivity contribution is -0.115. The number of carbonyl (C=O) groups is 3. The molecule has 0 aromatic heterocycles. The van der Waals surface area contributed by atoms with Gasteiger partial charge in [-0.2, -0.15) is 0 Å². The molecule has 1 rings (SSSR count). The highest BCUT2D eigenvalue weighted by molar-refractivity contribution is 5.97. The van der Waals surface area contributed by atoms with Crippen LogP contribution in [-0.4, -0.2) is 24.9 Å². The number of ether oxygens (including phenoxy) is 1. The van der Waals surface area contributed by atoms with Crippen LogP contribution in [0.1, 0.15) is 24.2 Å². The van der Waals surface area contributed by atoms with Gasteiger partial charge in [0.2, 0.25) is 11.8 Å². The summed E-state index contributed by atoms with van der Waals surface area (Å²) in [7, 11) is 1.26. The molecule has 0 atom stereocenters. The van der Waals surface area contributed by atoms with Crippen molar-refractivity contribution in [2.75, 3.05) is 17.7 Å². The van der Waals surface area contributed by atoms with Crippen LogP contribution in [-0.2, 0) is 14.3 Å². The number of methoxy groups -OCH3 is 1. The number of anilines is 2. The number of nitrogens with one attached hydrogen (secondary N) is 2. The molecule has 0 fully saturated rings. The van der Waals surface area contributed by atoms with E-state index in [1.54, 1.807) is 6.07 Å². The fourth-order valence-electron chi connectivity index (χ4n) is 1.41. The van der Waals surface area contributed by atoms with E-state index in [9.17, 15) is 14.4 Å². The van der Waals surface area contributed by atoms with Gasteiger partial charge in [-0.3, -0.25) is 9.59 Å². The third kappa shape index (κ3) is 3.89. The maximum absolute atomic E-state index is 11.4. The number of carbonyl (C=O) groups excluding carboxylic acids is 3. The van der Waals surface area contributed by atoms with Crippen LogP contribution in [0.2, 0.25) is 0 Å². The van der Waals surface area contributed by atoms with Crippen molar-refractivity contribution < 1.29 is 19.1 Å². The third-order valence-corrected chi connectivity index (χ3v) is 1.99. The third-order valence-electron chi connectivity index (χ3n) is 1.99. The molecule has 2 amide bonds. The highest BCUT2D eigenvalue weighted by Crippen LogP contribution is 2.20. The highest BCUT2D eigenvalue weighted by atomic mass is 16.5. The summed E-state index contributed by atoms with van der Waals surface area (Å²) >= 11 is 0. The minimum atomic E-state index is -0.547. The van der Waals surface area contributed by atoms with Crippen molar-refractivity contribution in [3.63, 3.8) is 0 Å². The first-order chi connectivity index (χ1) is 8.42. The minimum Gasteiger partial charge on any atom is -0.465 e. The van der Waals surface area contributed by atoms with E-state index in [2.05, 4.69) is 15.4 Å². The van der Waals surface area contributed by atoms with Gasteiger partial charge in [0.15, 0.2) is 0 Å². The van der Waals surface area contributed by atoms with E-state index in [4.69, 9.17) is 0 Å². The molecule has 6 nitrogen and oxygen atoms in total. The summed E-state index contributed by atoms with van der Waals surface area (Å²) in [5, 5.41) is 5.08. The van der Waals surface area contributed by atoms with E-state index in [0.29, 0.717) is 11.4 Å². The van der Waals surface area contributed by atoms with Crippen molar-refractivity contribution >= 4 is 29.2 Å². The standard InChI is InChI=1S/C12H14N2O4/c1-7(15)13-10-4-9(12(17)18-3)5-11(6-10)14-8(2)16/h4-6H,1-3H3,(H,13,15)(H,14,16). The number of hydrogen-bond acceptors (Lipinski definition) is 4. The van der Waals surface area contributed by atoms with E-state index in [-0.39, 0.29) is 17.4 Å². The zero-order valence-corrected chi connectivity index (χ0v) is 10.4. The molecular formula is C12H14N2O4. The predicted molar refractivity (Wildman–Crippen MR) is 66.4 cm³/mol.